The zero-order valence-corrected chi connectivity index (χ0v) is 9.59. The Hall–Kier alpha value is -1.61. The van der Waals surface area contributed by atoms with Gasteiger partial charge in [-0.05, 0) is 5.56 Å². The molecule has 0 fully saturated rings. The van der Waals surface area contributed by atoms with E-state index >= 15 is 0 Å². The number of hydrogen-bond donors (Lipinski definition) is 1. The molecule has 0 bridgehead atoms. The number of rotatable bonds is 4. The molecule has 0 saturated carbocycles. The molecule has 1 N–H and O–H groups in total. The Bertz CT molecular complexity index is 512. The van der Waals surface area contributed by atoms with Gasteiger partial charge in [-0.25, -0.2) is 4.79 Å². The Kier molecular flexibility index (Phi) is 4.30. The van der Waals surface area contributed by atoms with Crippen LogP contribution in [0.3, 0.4) is 0 Å². The third-order valence-corrected chi connectivity index (χ3v) is 2.58. The lowest BCUT2D eigenvalue weighted by Gasteiger charge is -2.08. The van der Waals surface area contributed by atoms with Crippen molar-refractivity contribution >= 4 is 16.3 Å². The number of alkyl halides is 3. The van der Waals surface area contributed by atoms with Crippen LogP contribution in [0.25, 0.3) is 0 Å². The normalized spacial score (nSPS) is 12.2. The van der Waals surface area contributed by atoms with Gasteiger partial charge in [0, 0.05) is 6.54 Å². The predicted molar refractivity (Wildman–Crippen MR) is 54.3 cm³/mol. The van der Waals surface area contributed by atoms with E-state index in [1.165, 1.54) is 0 Å². The Morgan fingerprint density at radius 1 is 1.22 bits per heavy atom. The largest absolute Gasteiger partial charge is 0.492 e. The molecule has 0 aliphatic carbocycles. The van der Waals surface area contributed by atoms with E-state index in [-0.39, 0.29) is 6.54 Å². The van der Waals surface area contributed by atoms with Crippen molar-refractivity contribution in [2.45, 2.75) is 12.7 Å². The monoisotopic (exact) mass is 283 g/mol. The number of carbonyl (C=O) groups excluding carboxylic acids is 1. The molecular formula is C9H8F3NO4S. The maximum Gasteiger partial charge on any atom is 0.492 e. The Morgan fingerprint density at radius 2 is 1.78 bits per heavy atom. The average molecular weight is 283 g/mol. The Labute approximate surface area is 101 Å². The highest BCUT2D eigenvalue weighted by atomic mass is 32.2. The first kappa shape index (κ1) is 14.5. The fourth-order valence-corrected chi connectivity index (χ4v) is 1.64. The number of halogens is 3. The van der Waals surface area contributed by atoms with Gasteiger partial charge >= 0.3 is 22.4 Å². The van der Waals surface area contributed by atoms with Gasteiger partial charge in [-0.15, -0.1) is 0 Å². The van der Waals surface area contributed by atoms with Crippen molar-refractivity contribution in [2.75, 3.05) is 0 Å². The quantitative estimate of drug-likeness (QED) is 0.899. The van der Waals surface area contributed by atoms with Gasteiger partial charge in [0.25, 0.3) is 0 Å². The van der Waals surface area contributed by atoms with E-state index in [1.807, 2.05) is 0 Å². The molecule has 0 unspecified atom stereocenters. The van der Waals surface area contributed by atoms with Crippen molar-refractivity contribution in [2.24, 2.45) is 0 Å². The van der Waals surface area contributed by atoms with Crippen LogP contribution in [-0.2, 0) is 25.8 Å². The molecule has 18 heavy (non-hydrogen) atoms. The smallest absolute Gasteiger partial charge is 0.326 e. The average Bonchev–Trinajstić information content (AvgIpc) is 2.26. The van der Waals surface area contributed by atoms with Gasteiger partial charge in [0.15, 0.2) is 0 Å². The van der Waals surface area contributed by atoms with Crippen LogP contribution in [0.1, 0.15) is 5.56 Å². The third kappa shape index (κ3) is 4.72. The van der Waals surface area contributed by atoms with E-state index in [2.05, 4.69) is 4.18 Å². The molecule has 0 radical (unpaired) electrons. The fourth-order valence-electron chi connectivity index (χ4n) is 0.944. The van der Waals surface area contributed by atoms with Crippen LogP contribution in [-0.4, -0.2) is 20.6 Å². The maximum atomic E-state index is 11.8. The van der Waals surface area contributed by atoms with Gasteiger partial charge in [-0.3, -0.25) is 0 Å². The van der Waals surface area contributed by atoms with Crippen molar-refractivity contribution in [3.05, 3.63) is 35.9 Å². The lowest BCUT2D eigenvalue weighted by atomic mass is 10.2. The molecule has 1 aromatic rings. The van der Waals surface area contributed by atoms with Crippen LogP contribution in [0.5, 0.6) is 0 Å². The Balaban J connectivity index is 2.59. The van der Waals surface area contributed by atoms with Crippen LogP contribution in [0.4, 0.5) is 13.2 Å². The molecular weight excluding hydrogens is 275 g/mol. The first-order valence-corrected chi connectivity index (χ1v) is 5.96. The molecule has 0 aliphatic heterocycles. The highest BCUT2D eigenvalue weighted by Crippen LogP contribution is 2.17. The minimum atomic E-state index is -5.36. The summed E-state index contributed by atoms with van der Waals surface area (Å²) in [6.45, 7) is -0.283. The SMILES string of the molecule is O=C(OS(=O)(=O)NCc1ccccc1)C(F)(F)F. The first-order valence-electron chi connectivity index (χ1n) is 4.55. The predicted octanol–water partition coefficient (Wildman–Crippen LogP) is 1.13. The molecule has 5 nitrogen and oxygen atoms in total. The zero-order chi connectivity index (χ0) is 13.8. The van der Waals surface area contributed by atoms with Crippen LogP contribution >= 0.6 is 0 Å². The second-order valence-corrected chi connectivity index (χ2v) is 4.49. The summed E-state index contributed by atoms with van der Waals surface area (Å²) >= 11 is 0. The Morgan fingerprint density at radius 3 is 2.28 bits per heavy atom. The molecule has 0 aromatic heterocycles. The summed E-state index contributed by atoms with van der Waals surface area (Å²) in [5.41, 5.74) is 0.504. The van der Waals surface area contributed by atoms with Crippen LogP contribution in [0, 0.1) is 0 Å². The van der Waals surface area contributed by atoms with E-state index in [0.717, 1.165) is 0 Å². The first-order chi connectivity index (χ1) is 8.21. The highest BCUT2D eigenvalue weighted by molar-refractivity contribution is 7.85. The van der Waals surface area contributed by atoms with Gasteiger partial charge in [-0.1, -0.05) is 30.3 Å². The lowest BCUT2D eigenvalue weighted by molar-refractivity contribution is -0.189. The summed E-state index contributed by atoms with van der Waals surface area (Å²) in [7, 11) is -4.78. The number of carbonyl (C=O) groups is 1. The molecule has 9 heteroatoms. The van der Waals surface area contributed by atoms with Gasteiger partial charge in [-0.2, -0.15) is 26.3 Å². The maximum absolute atomic E-state index is 11.8. The summed E-state index contributed by atoms with van der Waals surface area (Å²) in [6.07, 6.45) is -5.36. The van der Waals surface area contributed by atoms with Crippen molar-refractivity contribution in [3.8, 4) is 0 Å². The number of nitrogens with one attached hydrogen (secondary N) is 1. The molecule has 0 amide bonds. The fraction of sp³-hybridized carbons (Fsp3) is 0.222. The van der Waals surface area contributed by atoms with Gasteiger partial charge in [0.2, 0.25) is 0 Å². The summed E-state index contributed by atoms with van der Waals surface area (Å²) in [4.78, 5) is 10.3. The molecule has 1 aromatic carbocycles. The minimum absolute atomic E-state index is 0.283. The molecule has 0 heterocycles. The van der Waals surface area contributed by atoms with Crippen molar-refractivity contribution in [1.29, 1.82) is 0 Å². The molecule has 0 spiro atoms. The molecule has 0 aliphatic rings. The van der Waals surface area contributed by atoms with Gasteiger partial charge in [0.05, 0.1) is 0 Å². The van der Waals surface area contributed by atoms with Gasteiger partial charge in [0.1, 0.15) is 0 Å². The van der Waals surface area contributed by atoms with E-state index < -0.39 is 22.4 Å². The van der Waals surface area contributed by atoms with Crippen molar-refractivity contribution in [3.63, 3.8) is 0 Å². The highest BCUT2D eigenvalue weighted by Gasteiger charge is 2.43. The van der Waals surface area contributed by atoms with Crippen LogP contribution in [0.15, 0.2) is 30.3 Å². The van der Waals surface area contributed by atoms with E-state index in [9.17, 15) is 26.4 Å². The second-order valence-electron chi connectivity index (χ2n) is 3.13. The summed E-state index contributed by atoms with van der Waals surface area (Å²) < 4.78 is 62.4. The van der Waals surface area contributed by atoms with E-state index in [4.69, 9.17) is 0 Å². The molecule has 0 atom stereocenters. The third-order valence-electron chi connectivity index (χ3n) is 1.71. The molecule has 1 rings (SSSR count). The minimum Gasteiger partial charge on any atom is -0.326 e. The van der Waals surface area contributed by atoms with Gasteiger partial charge < -0.3 is 4.18 Å². The molecule has 0 saturated heterocycles. The standard InChI is InChI=1S/C9H8F3NO4S/c10-9(11,12)8(14)17-18(15,16)13-6-7-4-2-1-3-5-7/h1-5,13H,6H2. The number of benzene rings is 1. The van der Waals surface area contributed by atoms with Crippen LogP contribution in [0.2, 0.25) is 0 Å². The van der Waals surface area contributed by atoms with Crippen LogP contribution < -0.4 is 4.72 Å². The number of hydrogen-bond acceptors (Lipinski definition) is 4. The van der Waals surface area contributed by atoms with Crippen molar-refractivity contribution < 1.29 is 30.6 Å². The van der Waals surface area contributed by atoms with E-state index in [0.29, 0.717) is 5.56 Å². The summed E-state index contributed by atoms with van der Waals surface area (Å²) in [5, 5.41) is 0. The topological polar surface area (TPSA) is 72.5 Å². The van der Waals surface area contributed by atoms with E-state index in [1.54, 1.807) is 35.1 Å². The zero-order valence-electron chi connectivity index (χ0n) is 8.77. The summed E-state index contributed by atoms with van der Waals surface area (Å²) in [6, 6.07) is 8.01. The van der Waals surface area contributed by atoms with Crippen molar-refractivity contribution in [1.82, 2.24) is 4.72 Å². The second kappa shape index (κ2) is 5.36. The summed E-state index contributed by atoms with van der Waals surface area (Å²) in [5.74, 6) is -2.79. The lowest BCUT2D eigenvalue weighted by Crippen LogP contribution is -2.34. The molecule has 100 valence electrons.